The number of hydrogen-bond donors (Lipinski definition) is 2. The summed E-state index contributed by atoms with van der Waals surface area (Å²) in [6, 6.07) is 0. The number of hydrogen-bond acceptors (Lipinski definition) is 2. The van der Waals surface area contributed by atoms with Gasteiger partial charge in [-0.2, -0.15) is 0 Å². The number of aromatic amines is 1. The summed E-state index contributed by atoms with van der Waals surface area (Å²) in [5, 5.41) is 0. The largest absolute Gasteiger partial charge is 0.346 e. The molecule has 1 saturated carbocycles. The summed E-state index contributed by atoms with van der Waals surface area (Å²) in [5.41, 5.74) is 6.74. The van der Waals surface area contributed by atoms with Crippen LogP contribution in [0.2, 0.25) is 0 Å². The lowest BCUT2D eigenvalue weighted by Gasteiger charge is -2.23. The molecule has 2 rings (SSSR count). The molecule has 3 N–H and O–H groups in total. The van der Waals surface area contributed by atoms with E-state index in [4.69, 9.17) is 5.73 Å². The zero-order valence-electron chi connectivity index (χ0n) is 7.21. The smallest absolute Gasteiger partial charge is 0.107 e. The maximum Gasteiger partial charge on any atom is 0.107 e. The van der Waals surface area contributed by atoms with Crippen molar-refractivity contribution in [1.29, 1.82) is 0 Å². The molecule has 12 heavy (non-hydrogen) atoms. The van der Waals surface area contributed by atoms with Gasteiger partial charge in [-0.1, -0.05) is 6.42 Å². The van der Waals surface area contributed by atoms with Gasteiger partial charge in [0, 0.05) is 24.2 Å². The van der Waals surface area contributed by atoms with Crippen molar-refractivity contribution in [3.05, 3.63) is 17.7 Å². The van der Waals surface area contributed by atoms with Crippen molar-refractivity contribution in [2.45, 2.75) is 31.6 Å². The second-order valence-electron chi connectivity index (χ2n) is 3.45. The summed E-state index contributed by atoms with van der Waals surface area (Å²) in [7, 11) is 0. The first-order valence-corrected chi connectivity index (χ1v) is 4.64. The van der Waals surface area contributed by atoms with E-state index in [1.165, 1.54) is 25.0 Å². The third-order valence-electron chi connectivity index (χ3n) is 2.57. The van der Waals surface area contributed by atoms with E-state index in [-0.39, 0.29) is 0 Å². The highest BCUT2D eigenvalue weighted by molar-refractivity contribution is 5.10. The summed E-state index contributed by atoms with van der Waals surface area (Å²) in [5.74, 6) is 1.79. The van der Waals surface area contributed by atoms with E-state index in [0.717, 1.165) is 18.2 Å². The third-order valence-corrected chi connectivity index (χ3v) is 2.57. The van der Waals surface area contributed by atoms with Crippen molar-refractivity contribution >= 4 is 0 Å². The van der Waals surface area contributed by atoms with Gasteiger partial charge < -0.3 is 10.7 Å². The Kier molecular flexibility index (Phi) is 2.13. The van der Waals surface area contributed by atoms with Crippen molar-refractivity contribution in [2.75, 3.05) is 6.54 Å². The van der Waals surface area contributed by atoms with Crippen LogP contribution >= 0.6 is 0 Å². The number of nitrogens with zero attached hydrogens (tertiary/aromatic N) is 1. The highest BCUT2D eigenvalue weighted by Gasteiger charge is 2.20. The molecule has 0 aliphatic heterocycles. The summed E-state index contributed by atoms with van der Waals surface area (Å²) < 4.78 is 0. The van der Waals surface area contributed by atoms with Gasteiger partial charge in [0.2, 0.25) is 0 Å². The monoisotopic (exact) mass is 165 g/mol. The number of nitrogens with one attached hydrogen (secondary N) is 1. The Labute approximate surface area is 72.4 Å². The Balaban J connectivity index is 2.02. The molecular weight excluding hydrogens is 150 g/mol. The Morgan fingerprint density at radius 1 is 1.58 bits per heavy atom. The first-order valence-electron chi connectivity index (χ1n) is 4.64. The number of rotatable bonds is 3. The lowest BCUT2D eigenvalue weighted by Crippen LogP contribution is -2.09. The SMILES string of the molecule is NCCc1ncc(C2CCC2)[nH]1. The molecule has 0 aromatic carbocycles. The minimum Gasteiger partial charge on any atom is -0.346 e. The van der Waals surface area contributed by atoms with E-state index in [1.807, 2.05) is 6.20 Å². The van der Waals surface area contributed by atoms with Crippen molar-refractivity contribution in [3.8, 4) is 0 Å². The molecule has 0 atom stereocenters. The summed E-state index contributed by atoms with van der Waals surface area (Å²) in [4.78, 5) is 7.60. The zero-order valence-corrected chi connectivity index (χ0v) is 7.21. The maximum absolute atomic E-state index is 5.43. The van der Waals surface area contributed by atoms with Crippen LogP contribution in [-0.2, 0) is 6.42 Å². The van der Waals surface area contributed by atoms with Crippen LogP contribution in [0.3, 0.4) is 0 Å². The fourth-order valence-electron chi connectivity index (χ4n) is 1.57. The van der Waals surface area contributed by atoms with Gasteiger partial charge in [-0.15, -0.1) is 0 Å². The molecule has 1 aromatic rings. The molecule has 0 amide bonds. The van der Waals surface area contributed by atoms with Gasteiger partial charge in [-0.05, 0) is 19.4 Å². The molecule has 1 aromatic heterocycles. The molecule has 1 fully saturated rings. The van der Waals surface area contributed by atoms with Crippen LogP contribution in [0.25, 0.3) is 0 Å². The Hall–Kier alpha value is -0.830. The highest BCUT2D eigenvalue weighted by Crippen LogP contribution is 2.35. The van der Waals surface area contributed by atoms with Gasteiger partial charge in [0.05, 0.1) is 0 Å². The molecule has 0 radical (unpaired) electrons. The van der Waals surface area contributed by atoms with Crippen molar-refractivity contribution < 1.29 is 0 Å². The Morgan fingerprint density at radius 2 is 2.42 bits per heavy atom. The summed E-state index contributed by atoms with van der Waals surface area (Å²) in [6.07, 6.45) is 6.85. The van der Waals surface area contributed by atoms with E-state index in [0.29, 0.717) is 6.54 Å². The average molecular weight is 165 g/mol. The van der Waals surface area contributed by atoms with E-state index in [9.17, 15) is 0 Å². The highest BCUT2D eigenvalue weighted by atomic mass is 14.9. The zero-order chi connectivity index (χ0) is 8.39. The number of nitrogens with two attached hydrogens (primary N) is 1. The fourth-order valence-corrected chi connectivity index (χ4v) is 1.57. The van der Waals surface area contributed by atoms with Crippen LogP contribution in [0.4, 0.5) is 0 Å². The third kappa shape index (κ3) is 1.37. The Morgan fingerprint density at radius 3 is 3.00 bits per heavy atom. The predicted molar refractivity (Wildman–Crippen MR) is 47.9 cm³/mol. The molecule has 0 saturated heterocycles. The van der Waals surface area contributed by atoms with Crippen molar-refractivity contribution in [3.63, 3.8) is 0 Å². The Bertz CT molecular complexity index is 250. The van der Waals surface area contributed by atoms with Crippen LogP contribution in [0.15, 0.2) is 6.20 Å². The van der Waals surface area contributed by atoms with Gasteiger partial charge in [0.15, 0.2) is 0 Å². The van der Waals surface area contributed by atoms with Crippen molar-refractivity contribution in [2.24, 2.45) is 5.73 Å². The molecule has 0 spiro atoms. The van der Waals surface area contributed by atoms with Crippen molar-refractivity contribution in [1.82, 2.24) is 9.97 Å². The molecule has 3 heteroatoms. The molecule has 66 valence electrons. The maximum atomic E-state index is 5.43. The number of aromatic nitrogens is 2. The van der Waals surface area contributed by atoms with Crippen LogP contribution in [0.5, 0.6) is 0 Å². The lowest BCUT2D eigenvalue weighted by molar-refractivity contribution is 0.412. The average Bonchev–Trinajstić information content (AvgIpc) is 2.34. The van der Waals surface area contributed by atoms with E-state index in [2.05, 4.69) is 9.97 Å². The van der Waals surface area contributed by atoms with E-state index in [1.54, 1.807) is 0 Å². The fraction of sp³-hybridized carbons (Fsp3) is 0.667. The number of H-pyrrole nitrogens is 1. The minimum absolute atomic E-state index is 0.678. The topological polar surface area (TPSA) is 54.7 Å². The van der Waals surface area contributed by atoms with E-state index < -0.39 is 0 Å². The molecule has 1 aliphatic carbocycles. The first-order chi connectivity index (χ1) is 5.90. The van der Waals surface area contributed by atoms with Gasteiger partial charge >= 0.3 is 0 Å². The second-order valence-corrected chi connectivity index (χ2v) is 3.45. The normalized spacial score (nSPS) is 17.8. The number of imidazole rings is 1. The molecule has 1 aliphatic rings. The van der Waals surface area contributed by atoms with Crippen LogP contribution in [0, 0.1) is 0 Å². The van der Waals surface area contributed by atoms with Crippen LogP contribution in [-0.4, -0.2) is 16.5 Å². The molecule has 3 nitrogen and oxygen atoms in total. The molecule has 0 bridgehead atoms. The molecule has 0 unspecified atom stereocenters. The van der Waals surface area contributed by atoms with Gasteiger partial charge in [-0.25, -0.2) is 4.98 Å². The van der Waals surface area contributed by atoms with Gasteiger partial charge in [-0.3, -0.25) is 0 Å². The van der Waals surface area contributed by atoms with E-state index >= 15 is 0 Å². The minimum atomic E-state index is 0.678. The second kappa shape index (κ2) is 3.27. The molecular formula is C9H15N3. The first kappa shape index (κ1) is 7.80. The standard InChI is InChI=1S/C9H15N3/c10-5-4-9-11-6-8(12-9)7-2-1-3-7/h6-7H,1-5,10H2,(H,11,12). The summed E-state index contributed by atoms with van der Waals surface area (Å²) >= 11 is 0. The predicted octanol–water partition coefficient (Wildman–Crippen LogP) is 1.18. The summed E-state index contributed by atoms with van der Waals surface area (Å²) in [6.45, 7) is 0.678. The van der Waals surface area contributed by atoms with Crippen LogP contribution < -0.4 is 5.73 Å². The molecule has 1 heterocycles. The lowest BCUT2D eigenvalue weighted by atomic mass is 9.83. The quantitative estimate of drug-likeness (QED) is 0.706. The van der Waals surface area contributed by atoms with Gasteiger partial charge in [0.25, 0.3) is 0 Å². The van der Waals surface area contributed by atoms with Gasteiger partial charge in [0.1, 0.15) is 5.82 Å². The van der Waals surface area contributed by atoms with Crippen LogP contribution in [0.1, 0.15) is 36.7 Å².